The molecule has 0 bridgehead atoms. The van der Waals surface area contributed by atoms with E-state index in [1.807, 2.05) is 24.3 Å². The summed E-state index contributed by atoms with van der Waals surface area (Å²) in [5, 5.41) is 6.19. The highest BCUT2D eigenvalue weighted by molar-refractivity contribution is 7.21. The third-order valence-corrected chi connectivity index (χ3v) is 5.67. The van der Waals surface area contributed by atoms with Crippen molar-refractivity contribution in [3.05, 3.63) is 47.5 Å². The zero-order valence-electron chi connectivity index (χ0n) is 15.7. The molecule has 3 aromatic rings. The Bertz CT molecular complexity index is 1110. The second kappa shape index (κ2) is 7.69. The Hall–Kier alpha value is -2.98. The van der Waals surface area contributed by atoms with Crippen molar-refractivity contribution < 1.29 is 27.5 Å². The Morgan fingerprint density at radius 2 is 2.00 bits per heavy atom. The maximum Gasteiger partial charge on any atom is 0.490 e. The van der Waals surface area contributed by atoms with Gasteiger partial charge in [0, 0.05) is 24.6 Å². The number of para-hydroxylation sites is 1. The number of halogens is 3. The van der Waals surface area contributed by atoms with Gasteiger partial charge >= 0.3 is 12.1 Å². The molecule has 1 aliphatic rings. The molecular weight excluding hydrogens is 419 g/mol. The average Bonchev–Trinajstić information content (AvgIpc) is 3.10. The number of hydrogen-bond acceptors (Lipinski definition) is 6. The van der Waals surface area contributed by atoms with Crippen LogP contribution in [-0.4, -0.2) is 29.6 Å². The second-order valence-corrected chi connectivity index (χ2v) is 7.74. The summed E-state index contributed by atoms with van der Waals surface area (Å²) in [5.41, 5.74) is 2.99. The molecule has 6 nitrogen and oxygen atoms in total. The maximum atomic E-state index is 12.7. The van der Waals surface area contributed by atoms with Crippen LogP contribution in [0.25, 0.3) is 20.8 Å². The molecule has 0 radical (unpaired) electrons. The number of alkyl halides is 3. The van der Waals surface area contributed by atoms with Crippen molar-refractivity contribution in [3.8, 4) is 10.6 Å². The van der Waals surface area contributed by atoms with E-state index in [1.165, 1.54) is 18.3 Å². The van der Waals surface area contributed by atoms with E-state index >= 15 is 0 Å². The van der Waals surface area contributed by atoms with Crippen LogP contribution in [0.1, 0.15) is 24.3 Å². The van der Waals surface area contributed by atoms with Crippen molar-refractivity contribution in [1.29, 1.82) is 0 Å². The Balaban J connectivity index is 1.84. The fraction of sp³-hybridized carbons (Fsp3) is 0.250. The fourth-order valence-corrected chi connectivity index (χ4v) is 4.47. The van der Waals surface area contributed by atoms with Crippen LogP contribution in [0.15, 0.2) is 36.4 Å². The van der Waals surface area contributed by atoms with Gasteiger partial charge in [0.05, 0.1) is 15.9 Å². The first-order valence-electron chi connectivity index (χ1n) is 9.04. The molecule has 0 saturated carbocycles. The van der Waals surface area contributed by atoms with E-state index in [1.54, 1.807) is 12.1 Å². The van der Waals surface area contributed by atoms with Gasteiger partial charge in [0.15, 0.2) is 6.23 Å². The SMILES string of the molecule is CC(=O)Nc1ccc2c(c1-c1nc3ccccc3s1)CCNC2OC(=O)C(F)(F)F. The lowest BCUT2D eigenvalue weighted by Gasteiger charge is -2.29. The lowest BCUT2D eigenvalue weighted by molar-refractivity contribution is -0.207. The molecule has 0 spiro atoms. The standard InChI is InChI=1S/C20H16F3N3O3S/c1-10(27)25-14-7-6-12-11(8-9-24-17(12)29-19(28)20(21,22)23)16(14)18-26-13-4-2-3-5-15(13)30-18/h2-7,17,24H,8-9H2,1H3,(H,25,27). The largest absolute Gasteiger partial charge is 0.490 e. The molecule has 0 fully saturated rings. The summed E-state index contributed by atoms with van der Waals surface area (Å²) in [6, 6.07) is 10.7. The summed E-state index contributed by atoms with van der Waals surface area (Å²) in [6.45, 7) is 1.67. The van der Waals surface area contributed by atoms with E-state index in [0.717, 1.165) is 10.2 Å². The molecule has 2 aromatic carbocycles. The number of carbonyl (C=O) groups excluding carboxylic acids is 2. The number of thiazole rings is 1. The highest BCUT2D eigenvalue weighted by atomic mass is 32.1. The number of esters is 1. The number of nitrogens with zero attached hydrogens (tertiary/aromatic N) is 1. The van der Waals surface area contributed by atoms with Crippen molar-refractivity contribution >= 4 is 39.1 Å². The number of rotatable bonds is 3. The summed E-state index contributed by atoms with van der Waals surface area (Å²) in [7, 11) is 0. The molecular formula is C20H16F3N3O3S. The molecule has 156 valence electrons. The monoisotopic (exact) mass is 435 g/mol. The lowest BCUT2D eigenvalue weighted by Crippen LogP contribution is -2.37. The molecule has 10 heteroatoms. The van der Waals surface area contributed by atoms with Crippen molar-refractivity contribution in [2.75, 3.05) is 11.9 Å². The minimum Gasteiger partial charge on any atom is -0.436 e. The number of benzene rings is 2. The second-order valence-electron chi connectivity index (χ2n) is 6.71. The van der Waals surface area contributed by atoms with E-state index in [4.69, 9.17) is 0 Å². The summed E-state index contributed by atoms with van der Waals surface area (Å²) in [6.07, 6.45) is -5.87. The third kappa shape index (κ3) is 3.88. The predicted molar refractivity (Wildman–Crippen MR) is 106 cm³/mol. The topological polar surface area (TPSA) is 80.3 Å². The third-order valence-electron chi connectivity index (χ3n) is 4.61. The number of amides is 1. The molecule has 0 aliphatic carbocycles. The smallest absolute Gasteiger partial charge is 0.436 e. The molecule has 1 unspecified atom stereocenters. The summed E-state index contributed by atoms with van der Waals surface area (Å²) < 4.78 is 43.7. The Morgan fingerprint density at radius 1 is 1.23 bits per heavy atom. The van der Waals surface area contributed by atoms with Gasteiger partial charge in [0.2, 0.25) is 5.91 Å². The maximum absolute atomic E-state index is 12.7. The number of aromatic nitrogens is 1. The Morgan fingerprint density at radius 3 is 2.70 bits per heavy atom. The van der Waals surface area contributed by atoms with E-state index < -0.39 is 18.4 Å². The highest BCUT2D eigenvalue weighted by Gasteiger charge is 2.43. The van der Waals surface area contributed by atoms with E-state index in [9.17, 15) is 22.8 Å². The first kappa shape index (κ1) is 20.3. The van der Waals surface area contributed by atoms with Gasteiger partial charge in [-0.05, 0) is 30.2 Å². The van der Waals surface area contributed by atoms with Gasteiger partial charge in [-0.25, -0.2) is 9.78 Å². The number of nitrogens with one attached hydrogen (secondary N) is 2. The Kier molecular flexibility index (Phi) is 5.20. The number of fused-ring (bicyclic) bond motifs is 2. The zero-order valence-corrected chi connectivity index (χ0v) is 16.5. The quantitative estimate of drug-likeness (QED) is 0.604. The van der Waals surface area contributed by atoms with Crippen molar-refractivity contribution in [2.45, 2.75) is 25.7 Å². The van der Waals surface area contributed by atoms with Gasteiger partial charge in [-0.3, -0.25) is 10.1 Å². The van der Waals surface area contributed by atoms with Gasteiger partial charge < -0.3 is 10.1 Å². The first-order chi connectivity index (χ1) is 14.2. The minimum atomic E-state index is -5.09. The van der Waals surface area contributed by atoms with Crippen molar-refractivity contribution in [2.24, 2.45) is 0 Å². The van der Waals surface area contributed by atoms with E-state index in [2.05, 4.69) is 20.4 Å². The van der Waals surface area contributed by atoms with Gasteiger partial charge in [-0.1, -0.05) is 18.2 Å². The summed E-state index contributed by atoms with van der Waals surface area (Å²) in [5.74, 6) is -2.55. The molecule has 2 heterocycles. The molecule has 1 aromatic heterocycles. The molecule has 0 saturated heterocycles. The minimum absolute atomic E-state index is 0.286. The highest BCUT2D eigenvalue weighted by Crippen LogP contribution is 2.41. The van der Waals surface area contributed by atoms with Crippen LogP contribution in [0.4, 0.5) is 18.9 Å². The summed E-state index contributed by atoms with van der Waals surface area (Å²) in [4.78, 5) is 27.7. The predicted octanol–water partition coefficient (Wildman–Crippen LogP) is 4.17. The zero-order chi connectivity index (χ0) is 21.5. The lowest BCUT2D eigenvalue weighted by atomic mass is 9.93. The first-order valence-corrected chi connectivity index (χ1v) is 9.86. The molecule has 1 atom stereocenters. The molecule has 1 aliphatic heterocycles. The van der Waals surface area contributed by atoms with Gasteiger partial charge in [0.25, 0.3) is 0 Å². The molecule has 2 N–H and O–H groups in total. The van der Waals surface area contributed by atoms with Crippen LogP contribution < -0.4 is 10.6 Å². The number of anilines is 1. The van der Waals surface area contributed by atoms with Gasteiger partial charge in [-0.15, -0.1) is 11.3 Å². The average molecular weight is 435 g/mol. The van der Waals surface area contributed by atoms with Gasteiger partial charge in [-0.2, -0.15) is 13.2 Å². The van der Waals surface area contributed by atoms with Crippen LogP contribution in [0.3, 0.4) is 0 Å². The normalized spacial score (nSPS) is 16.2. The van der Waals surface area contributed by atoms with Crippen LogP contribution in [0.5, 0.6) is 0 Å². The van der Waals surface area contributed by atoms with Crippen LogP contribution in [-0.2, 0) is 20.7 Å². The van der Waals surface area contributed by atoms with Crippen LogP contribution in [0.2, 0.25) is 0 Å². The van der Waals surface area contributed by atoms with Crippen LogP contribution >= 0.6 is 11.3 Å². The number of hydrogen-bond donors (Lipinski definition) is 2. The molecule has 4 rings (SSSR count). The number of carbonyl (C=O) groups is 2. The van der Waals surface area contributed by atoms with Crippen molar-refractivity contribution in [1.82, 2.24) is 10.3 Å². The van der Waals surface area contributed by atoms with Crippen LogP contribution in [0, 0.1) is 0 Å². The molecule has 30 heavy (non-hydrogen) atoms. The number of ether oxygens (including phenoxy) is 1. The van der Waals surface area contributed by atoms with E-state index in [0.29, 0.717) is 40.4 Å². The fourth-order valence-electron chi connectivity index (χ4n) is 3.41. The summed E-state index contributed by atoms with van der Waals surface area (Å²) >= 11 is 1.41. The molecule has 1 amide bonds. The van der Waals surface area contributed by atoms with E-state index in [-0.39, 0.29) is 5.91 Å². The van der Waals surface area contributed by atoms with Gasteiger partial charge in [0.1, 0.15) is 5.01 Å². The van der Waals surface area contributed by atoms with Crippen molar-refractivity contribution in [3.63, 3.8) is 0 Å². The Labute approximate surface area is 173 Å².